The highest BCUT2D eigenvalue weighted by Gasteiger charge is 1.95. The summed E-state index contributed by atoms with van der Waals surface area (Å²) < 4.78 is 0. The van der Waals surface area contributed by atoms with Gasteiger partial charge in [0.25, 0.3) is 0 Å². The van der Waals surface area contributed by atoms with Crippen LogP contribution in [0.15, 0.2) is 17.5 Å². The summed E-state index contributed by atoms with van der Waals surface area (Å²) in [7, 11) is 0. The lowest BCUT2D eigenvalue weighted by Crippen LogP contribution is -1.69. The van der Waals surface area contributed by atoms with Gasteiger partial charge in [0.15, 0.2) is 0 Å². The van der Waals surface area contributed by atoms with Crippen LogP contribution in [-0.4, -0.2) is 0 Å². The first-order chi connectivity index (χ1) is 4.74. The molecule has 0 atom stereocenters. The summed E-state index contributed by atoms with van der Waals surface area (Å²) in [5, 5.41) is 2.20. The van der Waals surface area contributed by atoms with Crippen molar-refractivity contribution < 1.29 is 0 Å². The van der Waals surface area contributed by atoms with Crippen LogP contribution in [0, 0.1) is 6.92 Å². The van der Waals surface area contributed by atoms with Crippen LogP contribution in [0.25, 0.3) is 5.57 Å². The van der Waals surface area contributed by atoms with Crippen molar-refractivity contribution in [3.8, 4) is 0 Å². The maximum absolute atomic E-state index is 2.22. The Labute approximate surface area is 66.2 Å². The molecule has 54 valence electrons. The summed E-state index contributed by atoms with van der Waals surface area (Å²) >= 11 is 1.81. The standard InChI is InChI=1S/C9H12S/c1-4-7(2)9-5-8(3)10-6-9/h4-6H,1-3H3/b7-4+. The largest absolute Gasteiger partial charge is 0.149 e. The molecule has 0 fully saturated rings. The fourth-order valence-corrected chi connectivity index (χ4v) is 1.58. The van der Waals surface area contributed by atoms with Gasteiger partial charge < -0.3 is 0 Å². The Bertz CT molecular complexity index is 243. The Morgan fingerprint density at radius 3 is 2.70 bits per heavy atom. The molecular weight excluding hydrogens is 140 g/mol. The minimum absolute atomic E-state index is 1.37. The molecule has 0 saturated heterocycles. The van der Waals surface area contributed by atoms with E-state index in [1.165, 1.54) is 16.0 Å². The molecular formula is C9H12S. The molecule has 0 N–H and O–H groups in total. The zero-order valence-electron chi connectivity index (χ0n) is 6.64. The molecule has 0 radical (unpaired) electrons. The molecule has 1 aromatic heterocycles. The van der Waals surface area contributed by atoms with E-state index >= 15 is 0 Å². The Morgan fingerprint density at radius 2 is 2.30 bits per heavy atom. The third-order valence-corrected chi connectivity index (χ3v) is 2.48. The normalized spacial score (nSPS) is 12.1. The van der Waals surface area contributed by atoms with Crippen LogP contribution in [0.5, 0.6) is 0 Å². The zero-order chi connectivity index (χ0) is 7.56. The first-order valence-electron chi connectivity index (χ1n) is 3.42. The van der Waals surface area contributed by atoms with Crippen molar-refractivity contribution in [3.63, 3.8) is 0 Å². The molecule has 0 aliphatic rings. The summed E-state index contributed by atoms with van der Waals surface area (Å²) in [6.07, 6.45) is 2.14. The summed E-state index contributed by atoms with van der Waals surface area (Å²) in [5.41, 5.74) is 2.73. The first-order valence-corrected chi connectivity index (χ1v) is 4.30. The molecule has 0 aromatic carbocycles. The van der Waals surface area contributed by atoms with Crippen LogP contribution in [0.1, 0.15) is 24.3 Å². The second-order valence-corrected chi connectivity index (χ2v) is 3.53. The fraction of sp³-hybridized carbons (Fsp3) is 0.333. The van der Waals surface area contributed by atoms with Gasteiger partial charge in [-0.05, 0) is 43.4 Å². The molecule has 10 heavy (non-hydrogen) atoms. The molecule has 0 saturated carbocycles. The predicted octanol–water partition coefficient (Wildman–Crippen LogP) is 3.48. The van der Waals surface area contributed by atoms with Gasteiger partial charge in [-0.3, -0.25) is 0 Å². The van der Waals surface area contributed by atoms with E-state index in [-0.39, 0.29) is 0 Å². The van der Waals surface area contributed by atoms with Gasteiger partial charge in [-0.25, -0.2) is 0 Å². The maximum atomic E-state index is 2.22. The molecule has 1 heteroatoms. The Balaban J connectivity index is 2.95. The van der Waals surface area contributed by atoms with Gasteiger partial charge in [0.2, 0.25) is 0 Å². The monoisotopic (exact) mass is 152 g/mol. The molecule has 0 spiro atoms. The number of hydrogen-bond acceptors (Lipinski definition) is 1. The van der Waals surface area contributed by atoms with Gasteiger partial charge in [0.05, 0.1) is 0 Å². The number of aryl methyl sites for hydroxylation is 1. The second kappa shape index (κ2) is 3.02. The molecule has 0 aliphatic carbocycles. The number of thiophene rings is 1. The van der Waals surface area contributed by atoms with E-state index in [0.717, 1.165) is 0 Å². The highest BCUT2D eigenvalue weighted by atomic mass is 32.1. The lowest BCUT2D eigenvalue weighted by Gasteiger charge is -1.91. The Kier molecular flexibility index (Phi) is 2.28. The van der Waals surface area contributed by atoms with Gasteiger partial charge >= 0.3 is 0 Å². The molecule has 0 bridgehead atoms. The van der Waals surface area contributed by atoms with Crippen molar-refractivity contribution in [2.45, 2.75) is 20.8 Å². The fourth-order valence-electron chi connectivity index (χ4n) is 0.817. The number of rotatable bonds is 1. The van der Waals surface area contributed by atoms with Crippen LogP contribution in [0.3, 0.4) is 0 Å². The van der Waals surface area contributed by atoms with Crippen LogP contribution in [0.4, 0.5) is 0 Å². The lowest BCUT2D eigenvalue weighted by atomic mass is 10.1. The van der Waals surface area contributed by atoms with Gasteiger partial charge in [0, 0.05) is 4.88 Å². The topological polar surface area (TPSA) is 0 Å². The minimum Gasteiger partial charge on any atom is -0.149 e. The van der Waals surface area contributed by atoms with E-state index in [2.05, 4.69) is 38.3 Å². The first kappa shape index (κ1) is 7.55. The van der Waals surface area contributed by atoms with Crippen LogP contribution in [-0.2, 0) is 0 Å². The van der Waals surface area contributed by atoms with Crippen LogP contribution in [0.2, 0.25) is 0 Å². The van der Waals surface area contributed by atoms with Crippen molar-refractivity contribution in [2.24, 2.45) is 0 Å². The van der Waals surface area contributed by atoms with Crippen molar-refractivity contribution in [2.75, 3.05) is 0 Å². The lowest BCUT2D eigenvalue weighted by molar-refractivity contribution is 1.56. The molecule has 0 amide bonds. The van der Waals surface area contributed by atoms with E-state index in [0.29, 0.717) is 0 Å². The Morgan fingerprint density at radius 1 is 1.60 bits per heavy atom. The minimum atomic E-state index is 1.37. The summed E-state index contributed by atoms with van der Waals surface area (Å²) in [4.78, 5) is 1.39. The van der Waals surface area contributed by atoms with Gasteiger partial charge in [0.1, 0.15) is 0 Å². The van der Waals surface area contributed by atoms with Gasteiger partial charge in [-0.1, -0.05) is 6.08 Å². The van der Waals surface area contributed by atoms with Crippen molar-refractivity contribution >= 4 is 16.9 Å². The summed E-state index contributed by atoms with van der Waals surface area (Å²) in [6.45, 7) is 6.35. The predicted molar refractivity (Wildman–Crippen MR) is 48.4 cm³/mol. The molecule has 0 nitrogen and oxygen atoms in total. The van der Waals surface area contributed by atoms with E-state index in [9.17, 15) is 0 Å². The highest BCUT2D eigenvalue weighted by molar-refractivity contribution is 7.10. The van der Waals surface area contributed by atoms with Gasteiger partial charge in [-0.2, -0.15) is 0 Å². The average molecular weight is 152 g/mol. The molecule has 0 aliphatic heterocycles. The third kappa shape index (κ3) is 1.48. The van der Waals surface area contributed by atoms with Crippen molar-refractivity contribution in [3.05, 3.63) is 28.0 Å². The quantitative estimate of drug-likeness (QED) is 0.578. The Hall–Kier alpha value is -0.560. The van der Waals surface area contributed by atoms with E-state index < -0.39 is 0 Å². The smallest absolute Gasteiger partial charge is 0.00204 e. The average Bonchev–Trinajstić information content (AvgIpc) is 2.34. The van der Waals surface area contributed by atoms with Crippen LogP contribution < -0.4 is 0 Å². The highest BCUT2D eigenvalue weighted by Crippen LogP contribution is 2.20. The number of hydrogen-bond donors (Lipinski definition) is 0. The zero-order valence-corrected chi connectivity index (χ0v) is 7.46. The SMILES string of the molecule is C/C=C(\C)c1csc(C)c1. The van der Waals surface area contributed by atoms with Crippen LogP contribution >= 0.6 is 11.3 Å². The maximum Gasteiger partial charge on any atom is 0.00204 e. The van der Waals surface area contributed by atoms with E-state index in [1.807, 2.05) is 11.3 Å². The molecule has 0 unspecified atom stereocenters. The summed E-state index contributed by atoms with van der Waals surface area (Å²) in [6, 6.07) is 2.22. The van der Waals surface area contributed by atoms with Crippen molar-refractivity contribution in [1.29, 1.82) is 0 Å². The molecule has 1 rings (SSSR count). The molecule has 1 heterocycles. The number of allylic oxidation sites excluding steroid dienone is 2. The van der Waals surface area contributed by atoms with E-state index in [4.69, 9.17) is 0 Å². The third-order valence-electron chi connectivity index (χ3n) is 1.62. The van der Waals surface area contributed by atoms with Crippen molar-refractivity contribution in [1.82, 2.24) is 0 Å². The summed E-state index contributed by atoms with van der Waals surface area (Å²) in [5.74, 6) is 0. The second-order valence-electron chi connectivity index (χ2n) is 2.42. The van der Waals surface area contributed by atoms with E-state index in [1.54, 1.807) is 0 Å². The molecule has 1 aromatic rings. The van der Waals surface area contributed by atoms with Gasteiger partial charge in [-0.15, -0.1) is 11.3 Å².